The quantitative estimate of drug-likeness (QED) is 0.896. The van der Waals surface area contributed by atoms with Crippen molar-refractivity contribution in [1.82, 2.24) is 0 Å². The highest BCUT2D eigenvalue weighted by molar-refractivity contribution is 6.32. The van der Waals surface area contributed by atoms with Gasteiger partial charge in [-0.15, -0.1) is 0 Å². The van der Waals surface area contributed by atoms with Gasteiger partial charge < -0.3 is 14.6 Å². The number of aromatic carboxylic acids is 1. The zero-order chi connectivity index (χ0) is 14.5. The maximum Gasteiger partial charge on any atom is 0.335 e. The first kappa shape index (κ1) is 14.2. The summed E-state index contributed by atoms with van der Waals surface area (Å²) >= 11 is 6.00. The summed E-state index contributed by atoms with van der Waals surface area (Å²) in [6.45, 7) is 2.46. The number of benzene rings is 2. The van der Waals surface area contributed by atoms with Crippen molar-refractivity contribution in [2.45, 2.75) is 6.92 Å². The molecule has 0 radical (unpaired) electrons. The molecule has 0 aliphatic heterocycles. The molecule has 2 aromatic carbocycles. The Bertz CT molecular complexity index is 625. The first-order chi connectivity index (χ1) is 9.60. The highest BCUT2D eigenvalue weighted by atomic mass is 35.5. The lowest BCUT2D eigenvalue weighted by Gasteiger charge is -2.09. The van der Waals surface area contributed by atoms with Crippen LogP contribution in [0.2, 0.25) is 5.02 Å². The van der Waals surface area contributed by atoms with Crippen molar-refractivity contribution in [2.75, 3.05) is 6.61 Å². The van der Waals surface area contributed by atoms with Crippen LogP contribution < -0.4 is 9.47 Å². The van der Waals surface area contributed by atoms with Gasteiger partial charge in [0, 0.05) is 6.07 Å². The van der Waals surface area contributed by atoms with Crippen LogP contribution in [0, 0.1) is 0 Å². The zero-order valence-corrected chi connectivity index (χ0v) is 11.6. The van der Waals surface area contributed by atoms with E-state index < -0.39 is 5.97 Å². The normalized spacial score (nSPS) is 10.1. The topological polar surface area (TPSA) is 55.8 Å². The maximum absolute atomic E-state index is 10.8. The Kier molecular flexibility index (Phi) is 4.48. The van der Waals surface area contributed by atoms with Crippen molar-refractivity contribution in [3.05, 3.63) is 53.1 Å². The first-order valence-electron chi connectivity index (χ1n) is 6.03. The van der Waals surface area contributed by atoms with Crippen LogP contribution in [-0.4, -0.2) is 17.7 Å². The van der Waals surface area contributed by atoms with Gasteiger partial charge >= 0.3 is 5.97 Å². The average Bonchev–Trinajstić information content (AvgIpc) is 2.42. The molecule has 0 aliphatic carbocycles. The number of hydrogen-bond acceptors (Lipinski definition) is 3. The van der Waals surface area contributed by atoms with Crippen molar-refractivity contribution in [2.24, 2.45) is 0 Å². The van der Waals surface area contributed by atoms with Gasteiger partial charge in [-0.3, -0.25) is 0 Å². The van der Waals surface area contributed by atoms with Crippen molar-refractivity contribution < 1.29 is 19.4 Å². The molecule has 0 aliphatic rings. The molecule has 0 fully saturated rings. The Hall–Kier alpha value is -2.20. The summed E-state index contributed by atoms with van der Waals surface area (Å²) in [4.78, 5) is 10.8. The van der Waals surface area contributed by atoms with E-state index in [9.17, 15) is 4.79 Å². The number of carboxylic acid groups (broad SMARTS) is 1. The first-order valence-corrected chi connectivity index (χ1v) is 6.41. The minimum Gasteiger partial charge on any atom is -0.494 e. The zero-order valence-electron chi connectivity index (χ0n) is 10.8. The number of carboxylic acids is 1. The summed E-state index contributed by atoms with van der Waals surface area (Å²) in [6, 6.07) is 11.5. The second kappa shape index (κ2) is 6.30. The van der Waals surface area contributed by atoms with Crippen LogP contribution in [0.1, 0.15) is 17.3 Å². The fourth-order valence-corrected chi connectivity index (χ4v) is 1.86. The Labute approximate surface area is 121 Å². The third-order valence-electron chi connectivity index (χ3n) is 2.52. The van der Waals surface area contributed by atoms with Crippen LogP contribution in [0.4, 0.5) is 0 Å². The molecular formula is C15H13ClO4. The van der Waals surface area contributed by atoms with Gasteiger partial charge in [-0.2, -0.15) is 0 Å². The van der Waals surface area contributed by atoms with E-state index in [2.05, 4.69) is 0 Å². The lowest BCUT2D eigenvalue weighted by atomic mass is 10.2. The molecule has 20 heavy (non-hydrogen) atoms. The van der Waals surface area contributed by atoms with E-state index in [1.54, 1.807) is 18.2 Å². The summed E-state index contributed by atoms with van der Waals surface area (Å²) in [7, 11) is 0. The van der Waals surface area contributed by atoms with E-state index in [4.69, 9.17) is 26.2 Å². The fraction of sp³-hybridized carbons (Fsp3) is 0.133. The van der Waals surface area contributed by atoms with E-state index in [0.29, 0.717) is 23.9 Å². The predicted molar refractivity (Wildman–Crippen MR) is 76.1 cm³/mol. The smallest absolute Gasteiger partial charge is 0.335 e. The second-order valence-electron chi connectivity index (χ2n) is 3.96. The van der Waals surface area contributed by atoms with Gasteiger partial charge in [-0.1, -0.05) is 17.7 Å². The molecule has 0 unspecified atom stereocenters. The molecule has 2 aromatic rings. The standard InChI is InChI=1S/C15H13ClO4/c1-2-19-11-4-3-5-12(9-11)20-14-7-6-10(15(17)18)8-13(14)16/h3-9H,2H2,1H3,(H,17,18). The second-order valence-corrected chi connectivity index (χ2v) is 4.37. The molecule has 0 atom stereocenters. The van der Waals surface area contributed by atoms with Crippen LogP contribution >= 0.6 is 11.6 Å². The highest BCUT2D eigenvalue weighted by Crippen LogP contribution is 2.31. The van der Waals surface area contributed by atoms with E-state index in [0.717, 1.165) is 0 Å². The summed E-state index contributed by atoms with van der Waals surface area (Å²) in [5.41, 5.74) is 0.116. The van der Waals surface area contributed by atoms with E-state index in [1.807, 2.05) is 13.0 Å². The van der Waals surface area contributed by atoms with Gasteiger partial charge in [0.15, 0.2) is 0 Å². The molecule has 0 saturated carbocycles. The molecule has 4 nitrogen and oxygen atoms in total. The molecule has 5 heteroatoms. The summed E-state index contributed by atoms with van der Waals surface area (Å²) in [5, 5.41) is 9.11. The SMILES string of the molecule is CCOc1cccc(Oc2ccc(C(=O)O)cc2Cl)c1. The third kappa shape index (κ3) is 3.42. The van der Waals surface area contributed by atoms with Crippen molar-refractivity contribution in [3.8, 4) is 17.2 Å². The van der Waals surface area contributed by atoms with Gasteiger partial charge in [0.05, 0.1) is 17.2 Å². The molecule has 0 bridgehead atoms. The van der Waals surface area contributed by atoms with Crippen molar-refractivity contribution >= 4 is 17.6 Å². The highest BCUT2D eigenvalue weighted by Gasteiger charge is 2.09. The van der Waals surface area contributed by atoms with Crippen LogP contribution in [0.25, 0.3) is 0 Å². The fourth-order valence-electron chi connectivity index (χ4n) is 1.64. The van der Waals surface area contributed by atoms with Crippen molar-refractivity contribution in [1.29, 1.82) is 0 Å². The van der Waals surface area contributed by atoms with Crippen LogP contribution in [0.15, 0.2) is 42.5 Å². The lowest BCUT2D eigenvalue weighted by molar-refractivity contribution is 0.0697. The summed E-state index contributed by atoms with van der Waals surface area (Å²) in [5.74, 6) is 0.631. The van der Waals surface area contributed by atoms with Crippen LogP contribution in [-0.2, 0) is 0 Å². The summed E-state index contributed by atoms with van der Waals surface area (Å²) in [6.07, 6.45) is 0. The predicted octanol–water partition coefficient (Wildman–Crippen LogP) is 4.23. The van der Waals surface area contributed by atoms with Crippen LogP contribution in [0.5, 0.6) is 17.2 Å². The molecule has 1 N–H and O–H groups in total. The minimum absolute atomic E-state index is 0.116. The molecular weight excluding hydrogens is 280 g/mol. The van der Waals surface area contributed by atoms with Gasteiger partial charge in [0.2, 0.25) is 0 Å². The average molecular weight is 293 g/mol. The van der Waals surface area contributed by atoms with E-state index >= 15 is 0 Å². The Morgan fingerprint density at radius 2 is 1.95 bits per heavy atom. The minimum atomic E-state index is -1.03. The Balaban J connectivity index is 2.21. The maximum atomic E-state index is 10.8. The third-order valence-corrected chi connectivity index (χ3v) is 2.82. The Morgan fingerprint density at radius 3 is 2.60 bits per heavy atom. The number of hydrogen-bond donors (Lipinski definition) is 1. The summed E-state index contributed by atoms with van der Waals surface area (Å²) < 4.78 is 11.0. The lowest BCUT2D eigenvalue weighted by Crippen LogP contribution is -1.96. The van der Waals surface area contributed by atoms with Crippen molar-refractivity contribution in [3.63, 3.8) is 0 Å². The van der Waals surface area contributed by atoms with Gasteiger partial charge in [0.1, 0.15) is 17.2 Å². The molecule has 0 heterocycles. The van der Waals surface area contributed by atoms with Gasteiger partial charge in [-0.05, 0) is 37.3 Å². The Morgan fingerprint density at radius 1 is 1.20 bits per heavy atom. The van der Waals surface area contributed by atoms with Gasteiger partial charge in [0.25, 0.3) is 0 Å². The molecule has 0 saturated heterocycles. The molecule has 0 spiro atoms. The molecule has 0 amide bonds. The monoisotopic (exact) mass is 292 g/mol. The number of halogens is 1. The van der Waals surface area contributed by atoms with E-state index in [-0.39, 0.29) is 10.6 Å². The number of carbonyl (C=O) groups is 1. The van der Waals surface area contributed by atoms with E-state index in [1.165, 1.54) is 18.2 Å². The molecule has 104 valence electrons. The number of rotatable bonds is 5. The number of ether oxygens (including phenoxy) is 2. The molecule has 2 rings (SSSR count). The molecule has 0 aromatic heterocycles. The van der Waals surface area contributed by atoms with Crippen LogP contribution in [0.3, 0.4) is 0 Å². The largest absolute Gasteiger partial charge is 0.494 e. The van der Waals surface area contributed by atoms with Gasteiger partial charge in [-0.25, -0.2) is 4.79 Å².